The van der Waals surface area contributed by atoms with Gasteiger partial charge in [0.2, 0.25) is 0 Å². The van der Waals surface area contributed by atoms with E-state index in [-0.39, 0.29) is 6.10 Å². The molecule has 0 amide bonds. The van der Waals surface area contributed by atoms with Crippen molar-refractivity contribution in [3.8, 4) is 5.75 Å². The lowest BCUT2D eigenvalue weighted by Gasteiger charge is -2.19. The molecule has 0 aromatic heterocycles. The molecule has 90 valence electrons. The van der Waals surface area contributed by atoms with E-state index in [4.69, 9.17) is 9.47 Å². The lowest BCUT2D eigenvalue weighted by atomic mass is 10.00. The Morgan fingerprint density at radius 1 is 1.19 bits per heavy atom. The van der Waals surface area contributed by atoms with E-state index in [9.17, 15) is 0 Å². The van der Waals surface area contributed by atoms with Gasteiger partial charge >= 0.3 is 0 Å². The number of hydrogen-bond acceptors (Lipinski definition) is 3. The summed E-state index contributed by atoms with van der Waals surface area (Å²) in [6, 6.07) is 4.20. The summed E-state index contributed by atoms with van der Waals surface area (Å²) in [4.78, 5) is 0. The molecule has 1 aromatic rings. The van der Waals surface area contributed by atoms with Crippen molar-refractivity contribution in [2.75, 3.05) is 27.8 Å². The van der Waals surface area contributed by atoms with Crippen LogP contribution in [0.15, 0.2) is 12.1 Å². The van der Waals surface area contributed by atoms with E-state index in [1.807, 2.05) is 14.0 Å². The molecule has 0 radical (unpaired) electrons. The van der Waals surface area contributed by atoms with E-state index in [1.54, 1.807) is 14.2 Å². The summed E-state index contributed by atoms with van der Waals surface area (Å²) in [7, 11) is 5.36. The quantitative estimate of drug-likeness (QED) is 0.830. The van der Waals surface area contributed by atoms with Crippen LogP contribution in [0, 0.1) is 13.8 Å². The summed E-state index contributed by atoms with van der Waals surface area (Å²) in [5, 5.41) is 3.14. The standard InChI is InChI=1S/C13H21NO2/c1-9-7-12(15-4)10(2)6-11(9)13(16-5)8-14-3/h6-7,13-14H,8H2,1-5H3. The predicted octanol–water partition coefficient (Wildman–Crippen LogP) is 2.22. The highest BCUT2D eigenvalue weighted by Gasteiger charge is 2.14. The van der Waals surface area contributed by atoms with E-state index in [2.05, 4.69) is 24.4 Å². The van der Waals surface area contributed by atoms with Gasteiger partial charge in [0.05, 0.1) is 13.2 Å². The van der Waals surface area contributed by atoms with Crippen molar-refractivity contribution in [1.82, 2.24) is 5.32 Å². The van der Waals surface area contributed by atoms with Gasteiger partial charge < -0.3 is 14.8 Å². The minimum atomic E-state index is 0.0922. The number of hydrogen-bond donors (Lipinski definition) is 1. The molecular formula is C13H21NO2. The van der Waals surface area contributed by atoms with E-state index >= 15 is 0 Å². The molecular weight excluding hydrogens is 202 g/mol. The van der Waals surface area contributed by atoms with Gasteiger partial charge in [-0.2, -0.15) is 0 Å². The molecule has 3 nitrogen and oxygen atoms in total. The fourth-order valence-corrected chi connectivity index (χ4v) is 1.88. The molecule has 0 aliphatic heterocycles. The molecule has 1 atom stereocenters. The molecule has 0 bridgehead atoms. The van der Waals surface area contributed by atoms with Crippen LogP contribution in [-0.2, 0) is 4.74 Å². The van der Waals surface area contributed by atoms with Gasteiger partial charge in [-0.25, -0.2) is 0 Å². The molecule has 0 aliphatic carbocycles. The van der Waals surface area contributed by atoms with E-state index in [0.717, 1.165) is 17.9 Å². The topological polar surface area (TPSA) is 30.5 Å². The zero-order valence-corrected chi connectivity index (χ0v) is 10.8. The van der Waals surface area contributed by atoms with Gasteiger partial charge in [-0.3, -0.25) is 0 Å². The van der Waals surface area contributed by atoms with Gasteiger partial charge in [0.25, 0.3) is 0 Å². The summed E-state index contributed by atoms with van der Waals surface area (Å²) in [5.74, 6) is 0.931. The molecule has 1 rings (SSSR count). The molecule has 0 saturated heterocycles. The Labute approximate surface area is 97.8 Å². The fraction of sp³-hybridized carbons (Fsp3) is 0.538. The normalized spacial score (nSPS) is 12.6. The Morgan fingerprint density at radius 3 is 2.38 bits per heavy atom. The second-order valence-corrected chi connectivity index (χ2v) is 3.96. The van der Waals surface area contributed by atoms with E-state index in [0.29, 0.717) is 0 Å². The molecule has 0 saturated carbocycles. The van der Waals surface area contributed by atoms with Crippen molar-refractivity contribution in [3.05, 3.63) is 28.8 Å². The Kier molecular flexibility index (Phi) is 4.77. The Morgan fingerprint density at radius 2 is 1.88 bits per heavy atom. The number of benzene rings is 1. The third-order valence-corrected chi connectivity index (χ3v) is 2.80. The average Bonchev–Trinajstić information content (AvgIpc) is 2.28. The first kappa shape index (κ1) is 13.0. The Hall–Kier alpha value is -1.06. The summed E-state index contributed by atoms with van der Waals surface area (Å²) < 4.78 is 10.8. The number of methoxy groups -OCH3 is 2. The van der Waals surface area contributed by atoms with Crippen LogP contribution in [0.3, 0.4) is 0 Å². The second kappa shape index (κ2) is 5.87. The highest BCUT2D eigenvalue weighted by Crippen LogP contribution is 2.27. The maximum Gasteiger partial charge on any atom is 0.122 e. The first-order chi connectivity index (χ1) is 7.63. The van der Waals surface area contributed by atoms with Crippen LogP contribution < -0.4 is 10.1 Å². The minimum absolute atomic E-state index is 0.0922. The highest BCUT2D eigenvalue weighted by atomic mass is 16.5. The highest BCUT2D eigenvalue weighted by molar-refractivity contribution is 5.42. The van der Waals surface area contributed by atoms with Crippen molar-refractivity contribution in [2.24, 2.45) is 0 Å². The van der Waals surface area contributed by atoms with E-state index < -0.39 is 0 Å². The van der Waals surface area contributed by atoms with Crippen molar-refractivity contribution in [2.45, 2.75) is 20.0 Å². The number of ether oxygens (including phenoxy) is 2. The zero-order chi connectivity index (χ0) is 12.1. The lowest BCUT2D eigenvalue weighted by Crippen LogP contribution is -2.19. The van der Waals surface area contributed by atoms with Crippen LogP contribution >= 0.6 is 0 Å². The monoisotopic (exact) mass is 223 g/mol. The van der Waals surface area contributed by atoms with Crippen LogP contribution in [0.4, 0.5) is 0 Å². The number of likely N-dealkylation sites (N-methyl/N-ethyl adjacent to an activating group) is 1. The fourth-order valence-electron chi connectivity index (χ4n) is 1.88. The van der Waals surface area contributed by atoms with Crippen LogP contribution in [0.25, 0.3) is 0 Å². The van der Waals surface area contributed by atoms with E-state index in [1.165, 1.54) is 11.1 Å². The number of aryl methyl sites for hydroxylation is 2. The maximum absolute atomic E-state index is 5.48. The molecule has 0 fully saturated rings. The van der Waals surface area contributed by atoms with Gasteiger partial charge in [-0.1, -0.05) is 0 Å². The smallest absolute Gasteiger partial charge is 0.122 e. The molecule has 0 spiro atoms. The van der Waals surface area contributed by atoms with Crippen molar-refractivity contribution < 1.29 is 9.47 Å². The minimum Gasteiger partial charge on any atom is -0.496 e. The lowest BCUT2D eigenvalue weighted by molar-refractivity contribution is 0.104. The van der Waals surface area contributed by atoms with Crippen LogP contribution in [0.2, 0.25) is 0 Å². The Bertz CT molecular complexity index is 350. The molecule has 1 N–H and O–H groups in total. The third-order valence-electron chi connectivity index (χ3n) is 2.80. The van der Waals surface area contributed by atoms with Gasteiger partial charge in [0, 0.05) is 13.7 Å². The third kappa shape index (κ3) is 2.74. The first-order valence-corrected chi connectivity index (χ1v) is 5.46. The van der Waals surface area contributed by atoms with Gasteiger partial charge in [-0.05, 0) is 49.7 Å². The maximum atomic E-state index is 5.48. The molecule has 0 aliphatic rings. The molecule has 16 heavy (non-hydrogen) atoms. The van der Waals surface area contributed by atoms with Crippen LogP contribution in [0.1, 0.15) is 22.8 Å². The summed E-state index contributed by atoms with van der Waals surface area (Å²) in [5.41, 5.74) is 3.56. The van der Waals surface area contributed by atoms with Crippen molar-refractivity contribution in [3.63, 3.8) is 0 Å². The molecule has 1 aromatic carbocycles. The van der Waals surface area contributed by atoms with Crippen LogP contribution in [0.5, 0.6) is 5.75 Å². The zero-order valence-electron chi connectivity index (χ0n) is 10.8. The largest absolute Gasteiger partial charge is 0.496 e. The average molecular weight is 223 g/mol. The van der Waals surface area contributed by atoms with Crippen molar-refractivity contribution >= 4 is 0 Å². The molecule has 0 heterocycles. The number of nitrogens with one attached hydrogen (secondary N) is 1. The Balaban J connectivity index is 3.08. The predicted molar refractivity (Wildman–Crippen MR) is 66.1 cm³/mol. The summed E-state index contributed by atoms with van der Waals surface area (Å²) >= 11 is 0. The van der Waals surface area contributed by atoms with Crippen molar-refractivity contribution in [1.29, 1.82) is 0 Å². The van der Waals surface area contributed by atoms with Gasteiger partial charge in [0.15, 0.2) is 0 Å². The van der Waals surface area contributed by atoms with Gasteiger partial charge in [0.1, 0.15) is 5.75 Å². The van der Waals surface area contributed by atoms with Gasteiger partial charge in [-0.15, -0.1) is 0 Å². The first-order valence-electron chi connectivity index (χ1n) is 5.46. The molecule has 3 heteroatoms. The summed E-state index contributed by atoms with van der Waals surface area (Å²) in [6.07, 6.45) is 0.0922. The number of rotatable bonds is 5. The second-order valence-electron chi connectivity index (χ2n) is 3.96. The SMILES string of the molecule is CNCC(OC)c1cc(C)c(OC)cc1C. The van der Waals surface area contributed by atoms with Crippen LogP contribution in [-0.4, -0.2) is 27.8 Å². The summed E-state index contributed by atoms with van der Waals surface area (Å²) in [6.45, 7) is 4.94. The molecule has 1 unspecified atom stereocenters.